The summed E-state index contributed by atoms with van der Waals surface area (Å²) in [5.74, 6) is -1.53. The average Bonchev–Trinajstić information content (AvgIpc) is 1.62. The Balaban J connectivity index is 4.03. The van der Waals surface area contributed by atoms with E-state index in [4.69, 9.17) is 0 Å². The van der Waals surface area contributed by atoms with Gasteiger partial charge in [0.15, 0.2) is 0 Å². The average molecular weight is 146 g/mol. The fourth-order valence-corrected chi connectivity index (χ4v) is 0.0799. The monoisotopic (exact) mass is 146 g/mol. The van der Waals surface area contributed by atoms with Crippen molar-refractivity contribution in [3.8, 4) is 0 Å². The van der Waals surface area contributed by atoms with Gasteiger partial charge in [-0.25, -0.2) is 0 Å². The lowest BCUT2D eigenvalue weighted by atomic mass is 10.6. The molecule has 2 nitrogen and oxygen atoms in total. The van der Waals surface area contributed by atoms with E-state index >= 15 is 0 Å². The van der Waals surface area contributed by atoms with Crippen molar-refractivity contribution in [1.29, 1.82) is 0 Å². The number of hydrogen-bond donors (Lipinski definition) is 1. The van der Waals surface area contributed by atoms with Gasteiger partial charge in [-0.05, 0) is 11.6 Å². The maximum atomic E-state index is 11.4. The molecule has 0 atom stereocenters. The van der Waals surface area contributed by atoms with Crippen LogP contribution >= 0.6 is 11.6 Å². The molecule has 0 aliphatic heterocycles. The third kappa shape index (κ3) is 2.02. The van der Waals surface area contributed by atoms with E-state index in [9.17, 15) is 13.3 Å². The molecular weight excluding hydrogens is 144 g/mol. The van der Waals surface area contributed by atoms with E-state index in [0.29, 0.717) is 0 Å². The lowest BCUT2D eigenvalue weighted by molar-refractivity contribution is 0.171. The second-order valence-electron chi connectivity index (χ2n) is 0.968. The van der Waals surface area contributed by atoms with Gasteiger partial charge in [-0.3, -0.25) is 0 Å². The van der Waals surface area contributed by atoms with Crippen molar-refractivity contribution in [2.45, 2.75) is 5.38 Å². The van der Waals surface area contributed by atoms with Crippen molar-refractivity contribution >= 4 is 17.4 Å². The minimum absolute atomic E-state index is 1.47. The number of hydrogen-bond acceptors (Lipinski definition) is 1. The topological polar surface area (TPSA) is 38.4 Å². The fourth-order valence-electron chi connectivity index (χ4n) is 0.0479. The molecule has 0 radical (unpaired) electrons. The third-order valence-electron chi connectivity index (χ3n) is 0.381. The predicted octanol–water partition coefficient (Wildman–Crippen LogP) is 1.06. The standard InChI is InChI=1S/C2H2ClF3N2/c3-2(4,5)1(7)8-6/h(H2,7,8). The summed E-state index contributed by atoms with van der Waals surface area (Å²) in [5.41, 5.74) is 4.24. The predicted molar refractivity (Wildman–Crippen MR) is 23.5 cm³/mol. The number of halogens is 4. The maximum Gasteiger partial charge on any atom is 0.381 e. The van der Waals surface area contributed by atoms with Gasteiger partial charge in [-0.1, -0.05) is 9.70 Å². The molecule has 0 aliphatic carbocycles. The zero-order chi connectivity index (χ0) is 6.78. The molecule has 0 unspecified atom stereocenters. The van der Waals surface area contributed by atoms with Gasteiger partial charge < -0.3 is 5.73 Å². The summed E-state index contributed by atoms with van der Waals surface area (Å²) < 4.78 is 33.6. The lowest BCUT2D eigenvalue weighted by Gasteiger charge is -2.01. The lowest BCUT2D eigenvalue weighted by Crippen LogP contribution is -2.29. The first-order valence-electron chi connectivity index (χ1n) is 1.50. The summed E-state index contributed by atoms with van der Waals surface area (Å²) in [6, 6.07) is 0. The second kappa shape index (κ2) is 2.21. The van der Waals surface area contributed by atoms with Crippen LogP contribution in [-0.2, 0) is 0 Å². The zero-order valence-corrected chi connectivity index (χ0v) is 4.29. The molecule has 0 fully saturated rings. The molecule has 2 N–H and O–H groups in total. The van der Waals surface area contributed by atoms with Crippen LogP contribution in [0.5, 0.6) is 0 Å². The first-order valence-corrected chi connectivity index (χ1v) is 1.88. The third-order valence-corrected chi connectivity index (χ3v) is 0.575. The Hall–Kier alpha value is -0.450. The van der Waals surface area contributed by atoms with E-state index in [0.717, 1.165) is 0 Å². The molecule has 0 rings (SSSR count). The molecule has 48 valence electrons. The van der Waals surface area contributed by atoms with Crippen molar-refractivity contribution < 1.29 is 13.3 Å². The van der Waals surface area contributed by atoms with Gasteiger partial charge >= 0.3 is 5.38 Å². The Morgan fingerprint density at radius 1 is 1.62 bits per heavy atom. The van der Waals surface area contributed by atoms with Gasteiger partial charge in [0, 0.05) is 0 Å². The van der Waals surface area contributed by atoms with Gasteiger partial charge in [0.25, 0.3) is 0 Å². The summed E-state index contributed by atoms with van der Waals surface area (Å²) in [4.78, 5) is 0. The highest BCUT2D eigenvalue weighted by molar-refractivity contribution is 6.32. The maximum absolute atomic E-state index is 11.4. The van der Waals surface area contributed by atoms with E-state index in [1.165, 1.54) is 5.21 Å². The van der Waals surface area contributed by atoms with Crippen LogP contribution < -0.4 is 5.73 Å². The van der Waals surface area contributed by atoms with E-state index < -0.39 is 11.2 Å². The smallest absolute Gasteiger partial charge is 0.379 e. The SMILES string of the molecule is NC(=NF)C(F)(F)Cl. The molecule has 0 saturated carbocycles. The Morgan fingerprint density at radius 2 is 2.00 bits per heavy atom. The second-order valence-corrected chi connectivity index (χ2v) is 1.44. The van der Waals surface area contributed by atoms with Crippen molar-refractivity contribution in [2.24, 2.45) is 10.9 Å². The van der Waals surface area contributed by atoms with Gasteiger partial charge in [0.2, 0.25) is 5.84 Å². The van der Waals surface area contributed by atoms with Crippen LogP contribution in [0.3, 0.4) is 0 Å². The summed E-state index contributed by atoms with van der Waals surface area (Å²) >= 11 is 4.15. The Kier molecular flexibility index (Phi) is 2.09. The van der Waals surface area contributed by atoms with Crippen molar-refractivity contribution in [3.63, 3.8) is 0 Å². The molecule has 6 heteroatoms. The minimum atomic E-state index is -3.87. The number of rotatable bonds is 1. The van der Waals surface area contributed by atoms with Crippen LogP contribution in [0.2, 0.25) is 0 Å². The van der Waals surface area contributed by atoms with Gasteiger partial charge in [-0.2, -0.15) is 8.78 Å². The summed E-state index contributed by atoms with van der Waals surface area (Å²) in [7, 11) is 0. The van der Waals surface area contributed by atoms with Crippen LogP contribution in [0.15, 0.2) is 5.21 Å². The summed E-state index contributed by atoms with van der Waals surface area (Å²) in [6.45, 7) is 0. The van der Waals surface area contributed by atoms with E-state index in [1.807, 2.05) is 0 Å². The van der Waals surface area contributed by atoms with Crippen LogP contribution in [0.25, 0.3) is 0 Å². The van der Waals surface area contributed by atoms with E-state index in [2.05, 4.69) is 17.3 Å². The molecule has 0 aromatic rings. The molecular formula is C2H2ClF3N2. The molecule has 0 aromatic carbocycles. The first-order chi connectivity index (χ1) is 3.48. The van der Waals surface area contributed by atoms with E-state index in [1.54, 1.807) is 0 Å². The number of nitrogens with zero attached hydrogens (tertiary/aromatic N) is 1. The molecule has 0 aliphatic rings. The Labute approximate surface area is 48.1 Å². The molecule has 0 aromatic heterocycles. The molecule has 0 amide bonds. The number of amidine groups is 1. The Bertz CT molecular complexity index is 106. The van der Waals surface area contributed by atoms with Crippen molar-refractivity contribution in [3.05, 3.63) is 0 Å². The van der Waals surface area contributed by atoms with E-state index in [-0.39, 0.29) is 0 Å². The highest BCUT2D eigenvalue weighted by atomic mass is 35.5. The van der Waals surface area contributed by atoms with Gasteiger partial charge in [0.05, 0.1) is 0 Å². The normalized spacial score (nSPS) is 14.2. The summed E-state index contributed by atoms with van der Waals surface area (Å²) in [6.07, 6.45) is 0. The van der Waals surface area contributed by atoms with Gasteiger partial charge in [0.1, 0.15) is 0 Å². The Morgan fingerprint density at radius 3 is 2.00 bits per heavy atom. The van der Waals surface area contributed by atoms with Crippen molar-refractivity contribution in [2.75, 3.05) is 0 Å². The molecule has 8 heavy (non-hydrogen) atoms. The first kappa shape index (κ1) is 7.55. The largest absolute Gasteiger partial charge is 0.381 e. The van der Waals surface area contributed by atoms with Crippen molar-refractivity contribution in [1.82, 2.24) is 0 Å². The molecule has 0 bridgehead atoms. The van der Waals surface area contributed by atoms with Crippen LogP contribution in [-0.4, -0.2) is 11.2 Å². The summed E-state index contributed by atoms with van der Waals surface area (Å²) in [5, 5.41) is -2.39. The zero-order valence-electron chi connectivity index (χ0n) is 3.54. The number of alkyl halides is 3. The van der Waals surface area contributed by atoms with Crippen LogP contribution in [0.1, 0.15) is 0 Å². The molecule has 0 saturated heterocycles. The quantitative estimate of drug-likeness (QED) is 0.335. The minimum Gasteiger partial charge on any atom is -0.379 e. The molecule has 0 spiro atoms. The van der Waals surface area contributed by atoms with Crippen LogP contribution in [0, 0.1) is 0 Å². The fraction of sp³-hybridized carbons (Fsp3) is 0.500. The highest BCUT2D eigenvalue weighted by Gasteiger charge is 2.31. The van der Waals surface area contributed by atoms with Gasteiger partial charge in [-0.15, -0.1) is 0 Å². The highest BCUT2D eigenvalue weighted by Crippen LogP contribution is 2.17. The molecule has 0 heterocycles. The van der Waals surface area contributed by atoms with Crippen LogP contribution in [0.4, 0.5) is 13.3 Å². The number of nitrogens with two attached hydrogens (primary N) is 1.